The van der Waals surface area contributed by atoms with E-state index in [-0.39, 0.29) is 39.9 Å². The minimum Gasteiger partial charge on any atom is -0.492 e. The van der Waals surface area contributed by atoms with E-state index in [2.05, 4.69) is 10.0 Å². The lowest BCUT2D eigenvalue weighted by Crippen LogP contribution is -2.21. The fraction of sp³-hybridized carbons (Fsp3) is 0.391. The van der Waals surface area contributed by atoms with E-state index in [0.717, 1.165) is 30.2 Å². The first-order valence-electron chi connectivity index (χ1n) is 10.9. The fourth-order valence-corrected chi connectivity index (χ4v) is 5.37. The average Bonchev–Trinajstić information content (AvgIpc) is 3.52. The highest BCUT2D eigenvalue weighted by molar-refractivity contribution is 7.92. The molecule has 3 N–H and O–H groups in total. The lowest BCUT2D eigenvalue weighted by Gasteiger charge is -2.21. The maximum atomic E-state index is 13.9. The molecule has 0 aromatic heterocycles. The fourth-order valence-electron chi connectivity index (χ4n) is 4.15. The van der Waals surface area contributed by atoms with Crippen molar-refractivity contribution in [2.24, 2.45) is 5.92 Å². The van der Waals surface area contributed by atoms with E-state index in [1.165, 1.54) is 6.07 Å². The molecule has 4 rings (SSSR count). The van der Waals surface area contributed by atoms with E-state index < -0.39 is 27.7 Å². The van der Waals surface area contributed by atoms with E-state index in [1.54, 1.807) is 6.07 Å². The van der Waals surface area contributed by atoms with E-state index in [0.29, 0.717) is 25.5 Å². The SMILES string of the molecule is CN(C)CCCC(=O)Nc1cc(F)ccc1S(=O)(=O)Nc1ccc2c(c1C(=O)O)OC[C@H]1C[C@@H]21. The average molecular weight is 492 g/mol. The van der Waals surface area contributed by atoms with Crippen molar-refractivity contribution in [3.05, 3.63) is 47.3 Å². The molecule has 2 aromatic rings. The maximum absolute atomic E-state index is 13.9. The number of ether oxygens (including phenoxy) is 1. The van der Waals surface area contributed by atoms with Crippen molar-refractivity contribution >= 4 is 33.3 Å². The molecule has 0 radical (unpaired) electrons. The molecule has 1 aliphatic carbocycles. The Morgan fingerprint density at radius 3 is 2.68 bits per heavy atom. The predicted octanol–water partition coefficient (Wildman–Crippen LogP) is 3.10. The zero-order chi connectivity index (χ0) is 24.6. The van der Waals surface area contributed by atoms with Gasteiger partial charge in [-0.15, -0.1) is 0 Å². The van der Waals surface area contributed by atoms with Gasteiger partial charge in [-0.05, 0) is 69.2 Å². The highest BCUT2D eigenvalue weighted by Gasteiger charge is 2.45. The second kappa shape index (κ2) is 9.22. The predicted molar refractivity (Wildman–Crippen MR) is 123 cm³/mol. The highest BCUT2D eigenvalue weighted by atomic mass is 32.2. The summed E-state index contributed by atoms with van der Waals surface area (Å²) in [5, 5.41) is 12.3. The molecule has 1 fully saturated rings. The largest absolute Gasteiger partial charge is 0.492 e. The molecular weight excluding hydrogens is 465 g/mol. The van der Waals surface area contributed by atoms with Crippen LogP contribution in [0, 0.1) is 11.7 Å². The van der Waals surface area contributed by atoms with Crippen LogP contribution in [-0.2, 0) is 14.8 Å². The van der Waals surface area contributed by atoms with Gasteiger partial charge in [0.1, 0.15) is 22.0 Å². The topological polar surface area (TPSA) is 125 Å². The molecule has 1 amide bonds. The van der Waals surface area contributed by atoms with Gasteiger partial charge >= 0.3 is 5.97 Å². The van der Waals surface area contributed by atoms with Crippen molar-refractivity contribution in [3.8, 4) is 5.75 Å². The number of carboxylic acid groups (broad SMARTS) is 1. The number of nitrogens with zero attached hydrogens (tertiary/aromatic N) is 1. The molecule has 0 unspecified atom stereocenters. The Balaban J connectivity index is 1.62. The number of amides is 1. The van der Waals surface area contributed by atoms with E-state index >= 15 is 0 Å². The van der Waals surface area contributed by atoms with Crippen LogP contribution in [-0.4, -0.2) is 57.5 Å². The maximum Gasteiger partial charge on any atom is 0.341 e. The van der Waals surface area contributed by atoms with Crippen molar-refractivity contribution in [1.82, 2.24) is 4.90 Å². The van der Waals surface area contributed by atoms with Gasteiger partial charge in [0.25, 0.3) is 10.0 Å². The molecule has 1 saturated carbocycles. The van der Waals surface area contributed by atoms with Crippen LogP contribution in [0.15, 0.2) is 35.2 Å². The number of halogens is 1. The third-order valence-corrected chi connectivity index (χ3v) is 7.35. The molecule has 9 nitrogen and oxygen atoms in total. The van der Waals surface area contributed by atoms with Crippen LogP contribution in [0.5, 0.6) is 5.75 Å². The van der Waals surface area contributed by atoms with Crippen LogP contribution in [0.2, 0.25) is 0 Å². The van der Waals surface area contributed by atoms with Crippen LogP contribution in [0.4, 0.5) is 15.8 Å². The number of anilines is 2. The lowest BCUT2D eigenvalue weighted by molar-refractivity contribution is -0.116. The van der Waals surface area contributed by atoms with Crippen LogP contribution >= 0.6 is 0 Å². The number of hydrogen-bond acceptors (Lipinski definition) is 6. The molecule has 182 valence electrons. The summed E-state index contributed by atoms with van der Waals surface area (Å²) in [6, 6.07) is 5.96. The van der Waals surface area contributed by atoms with Crippen LogP contribution < -0.4 is 14.8 Å². The summed E-state index contributed by atoms with van der Waals surface area (Å²) in [5.41, 5.74) is 0.0825. The Kier molecular flexibility index (Phi) is 6.50. The van der Waals surface area contributed by atoms with Gasteiger partial charge in [0.05, 0.1) is 18.0 Å². The van der Waals surface area contributed by atoms with Crippen molar-refractivity contribution in [3.63, 3.8) is 0 Å². The molecule has 2 aromatic carbocycles. The van der Waals surface area contributed by atoms with Crippen molar-refractivity contribution in [1.29, 1.82) is 0 Å². The summed E-state index contributed by atoms with van der Waals surface area (Å²) in [6.07, 6.45) is 1.56. The molecule has 0 bridgehead atoms. The standard InChI is InChI=1S/C23H26FN3O6S/c1-27(2)9-3-4-20(28)25-18-11-14(24)5-8-19(18)34(31,32)26-17-7-6-15-16-10-13(16)12-33-22(15)21(17)23(29)30/h5-8,11,13,16,26H,3-4,9-10,12H2,1-2H3,(H,25,28)(H,29,30)/t13-,16-/m1/s1. The second-order valence-electron chi connectivity index (χ2n) is 8.83. The molecule has 1 aliphatic heterocycles. The number of aromatic carboxylic acids is 1. The number of sulfonamides is 1. The van der Waals surface area contributed by atoms with Crippen molar-refractivity contribution in [2.45, 2.75) is 30.1 Å². The summed E-state index contributed by atoms with van der Waals surface area (Å²) in [5.74, 6) is -1.77. The van der Waals surface area contributed by atoms with Gasteiger partial charge in [-0.1, -0.05) is 6.07 Å². The Hall–Kier alpha value is -3.18. The first-order valence-corrected chi connectivity index (χ1v) is 12.3. The van der Waals surface area contributed by atoms with E-state index in [4.69, 9.17) is 4.74 Å². The number of carbonyl (C=O) groups is 2. The Morgan fingerprint density at radius 2 is 1.97 bits per heavy atom. The quantitative estimate of drug-likeness (QED) is 0.492. The van der Waals surface area contributed by atoms with Gasteiger partial charge in [0.15, 0.2) is 0 Å². The number of hydrogen-bond donors (Lipinski definition) is 3. The molecular formula is C23H26FN3O6S. The number of nitrogens with one attached hydrogen (secondary N) is 2. The summed E-state index contributed by atoms with van der Waals surface area (Å²) < 4.78 is 48.3. The van der Waals surface area contributed by atoms with Gasteiger partial charge in [-0.3, -0.25) is 9.52 Å². The Morgan fingerprint density at radius 1 is 1.21 bits per heavy atom. The van der Waals surface area contributed by atoms with Gasteiger partial charge in [-0.2, -0.15) is 0 Å². The summed E-state index contributed by atoms with van der Waals surface area (Å²) in [4.78, 5) is 25.9. The molecule has 1 heterocycles. The molecule has 11 heteroatoms. The third-order valence-electron chi connectivity index (χ3n) is 5.92. The molecule has 2 aliphatic rings. The number of carbonyl (C=O) groups excluding carboxylic acids is 1. The van der Waals surface area contributed by atoms with Crippen LogP contribution in [0.25, 0.3) is 0 Å². The number of fused-ring (bicyclic) bond motifs is 3. The summed E-state index contributed by atoms with van der Waals surface area (Å²) >= 11 is 0. The first-order chi connectivity index (χ1) is 16.1. The van der Waals surface area contributed by atoms with Crippen LogP contribution in [0.1, 0.15) is 41.1 Å². The molecule has 0 spiro atoms. The highest BCUT2D eigenvalue weighted by Crippen LogP contribution is 2.55. The molecule has 2 atom stereocenters. The third kappa shape index (κ3) is 5.00. The van der Waals surface area contributed by atoms with Gasteiger partial charge < -0.3 is 20.1 Å². The van der Waals surface area contributed by atoms with Crippen molar-refractivity contribution < 1.29 is 32.2 Å². The molecule has 34 heavy (non-hydrogen) atoms. The van der Waals surface area contributed by atoms with Crippen LogP contribution in [0.3, 0.4) is 0 Å². The Labute approximate surface area is 197 Å². The zero-order valence-corrected chi connectivity index (χ0v) is 19.6. The zero-order valence-electron chi connectivity index (χ0n) is 18.8. The Bertz CT molecular complexity index is 1250. The minimum atomic E-state index is -4.38. The smallest absolute Gasteiger partial charge is 0.341 e. The van der Waals surface area contributed by atoms with Crippen molar-refractivity contribution in [2.75, 3.05) is 37.3 Å². The van der Waals surface area contributed by atoms with E-state index in [9.17, 15) is 27.5 Å². The normalized spacial score (nSPS) is 18.5. The number of benzene rings is 2. The molecule has 0 saturated heterocycles. The van der Waals surface area contributed by atoms with E-state index in [1.807, 2.05) is 19.0 Å². The van der Waals surface area contributed by atoms with Gasteiger partial charge in [-0.25, -0.2) is 17.6 Å². The number of carboxylic acids is 1. The second-order valence-corrected chi connectivity index (χ2v) is 10.5. The van der Waals surface area contributed by atoms with Gasteiger partial charge in [0.2, 0.25) is 5.91 Å². The first kappa shape index (κ1) is 24.0. The monoisotopic (exact) mass is 491 g/mol. The summed E-state index contributed by atoms with van der Waals surface area (Å²) in [7, 11) is -0.660. The number of rotatable bonds is 9. The summed E-state index contributed by atoms with van der Waals surface area (Å²) in [6.45, 7) is 1.04. The lowest BCUT2D eigenvalue weighted by atomic mass is 10.0. The van der Waals surface area contributed by atoms with Gasteiger partial charge in [0, 0.05) is 12.3 Å². The minimum absolute atomic E-state index is 0.120.